The van der Waals surface area contributed by atoms with Crippen molar-refractivity contribution in [2.24, 2.45) is 7.05 Å². The van der Waals surface area contributed by atoms with Crippen molar-refractivity contribution in [3.05, 3.63) is 58.4 Å². The maximum absolute atomic E-state index is 13.5. The van der Waals surface area contributed by atoms with Crippen molar-refractivity contribution < 1.29 is 9.32 Å². The standard InChI is InChI=1S/C22H26ClN5O2/c1-15-12-18(26-30-15)20-19(21(23)27(2)25-20)22(29)28-11-7-6-10-17(14-28)24-13-16-8-4-3-5-9-16/h3-5,8-9,12,17,24H,6-7,10-11,13-14H2,1-2H3. The minimum Gasteiger partial charge on any atom is -0.361 e. The summed E-state index contributed by atoms with van der Waals surface area (Å²) in [5.41, 5.74) is 2.60. The lowest BCUT2D eigenvalue weighted by molar-refractivity contribution is 0.0750. The third kappa shape index (κ3) is 4.42. The topological polar surface area (TPSA) is 76.2 Å². The van der Waals surface area contributed by atoms with E-state index in [4.69, 9.17) is 16.1 Å². The van der Waals surface area contributed by atoms with Gasteiger partial charge in [-0.05, 0) is 25.3 Å². The molecule has 0 aliphatic carbocycles. The molecule has 0 bridgehead atoms. The van der Waals surface area contributed by atoms with Gasteiger partial charge in [-0.15, -0.1) is 0 Å². The first-order valence-corrected chi connectivity index (χ1v) is 10.6. The average Bonchev–Trinajstić information content (AvgIpc) is 3.20. The number of amides is 1. The Hall–Kier alpha value is -2.64. The van der Waals surface area contributed by atoms with Crippen LogP contribution in [0.1, 0.15) is 40.9 Å². The summed E-state index contributed by atoms with van der Waals surface area (Å²) in [6, 6.07) is 12.3. The number of nitrogens with one attached hydrogen (secondary N) is 1. The SMILES string of the molecule is Cc1cc(-c2nn(C)c(Cl)c2C(=O)N2CCCCC(NCc3ccccc3)C2)no1. The number of hydrogen-bond donors (Lipinski definition) is 1. The third-order valence-electron chi connectivity index (χ3n) is 5.46. The lowest BCUT2D eigenvalue weighted by Gasteiger charge is -2.25. The van der Waals surface area contributed by atoms with Gasteiger partial charge in [-0.2, -0.15) is 5.10 Å². The number of benzene rings is 1. The molecule has 1 atom stereocenters. The van der Waals surface area contributed by atoms with Gasteiger partial charge in [-0.3, -0.25) is 9.48 Å². The monoisotopic (exact) mass is 427 g/mol. The number of carbonyl (C=O) groups is 1. The minimum absolute atomic E-state index is 0.114. The average molecular weight is 428 g/mol. The molecule has 1 aromatic carbocycles. The van der Waals surface area contributed by atoms with Crippen LogP contribution in [0.3, 0.4) is 0 Å². The fourth-order valence-corrected chi connectivity index (χ4v) is 4.07. The van der Waals surface area contributed by atoms with E-state index < -0.39 is 0 Å². The molecule has 1 aliphatic heterocycles. The predicted molar refractivity (Wildman–Crippen MR) is 115 cm³/mol. The second-order valence-electron chi connectivity index (χ2n) is 7.77. The number of halogens is 1. The maximum atomic E-state index is 13.5. The number of rotatable bonds is 5. The third-order valence-corrected chi connectivity index (χ3v) is 5.89. The molecular weight excluding hydrogens is 402 g/mol. The summed E-state index contributed by atoms with van der Waals surface area (Å²) >= 11 is 6.48. The predicted octanol–water partition coefficient (Wildman–Crippen LogP) is 3.82. The normalized spacial score (nSPS) is 17.2. The lowest BCUT2D eigenvalue weighted by atomic mass is 10.1. The van der Waals surface area contributed by atoms with Crippen molar-refractivity contribution in [3.63, 3.8) is 0 Å². The van der Waals surface area contributed by atoms with Gasteiger partial charge in [0.25, 0.3) is 5.91 Å². The summed E-state index contributed by atoms with van der Waals surface area (Å²) in [7, 11) is 1.72. The number of aryl methyl sites for hydroxylation is 2. The first kappa shape index (κ1) is 20.6. The first-order chi connectivity index (χ1) is 14.5. The highest BCUT2D eigenvalue weighted by Crippen LogP contribution is 2.30. The molecule has 158 valence electrons. The molecule has 7 nitrogen and oxygen atoms in total. The van der Waals surface area contributed by atoms with Gasteiger partial charge in [0, 0.05) is 38.8 Å². The highest BCUT2D eigenvalue weighted by Gasteiger charge is 2.30. The van der Waals surface area contributed by atoms with E-state index in [0.717, 1.165) is 25.8 Å². The lowest BCUT2D eigenvalue weighted by Crippen LogP contribution is -2.42. The van der Waals surface area contributed by atoms with Crippen molar-refractivity contribution in [1.29, 1.82) is 0 Å². The molecule has 2 aromatic heterocycles. The van der Waals surface area contributed by atoms with Crippen LogP contribution in [0.15, 0.2) is 40.9 Å². The fourth-order valence-electron chi connectivity index (χ4n) is 3.86. The zero-order valence-corrected chi connectivity index (χ0v) is 18.0. The van der Waals surface area contributed by atoms with Gasteiger partial charge < -0.3 is 14.7 Å². The summed E-state index contributed by atoms with van der Waals surface area (Å²) < 4.78 is 6.69. The van der Waals surface area contributed by atoms with E-state index in [9.17, 15) is 4.79 Å². The highest BCUT2D eigenvalue weighted by molar-refractivity contribution is 6.33. The zero-order chi connectivity index (χ0) is 21.1. The molecule has 3 aromatic rings. The molecule has 4 rings (SSSR count). The van der Waals surface area contributed by atoms with Crippen LogP contribution in [-0.2, 0) is 13.6 Å². The molecule has 1 fully saturated rings. The van der Waals surface area contributed by atoms with Gasteiger partial charge in [0.2, 0.25) is 0 Å². The van der Waals surface area contributed by atoms with Gasteiger partial charge in [0.05, 0.1) is 0 Å². The van der Waals surface area contributed by atoms with Crippen molar-refractivity contribution >= 4 is 17.5 Å². The van der Waals surface area contributed by atoms with E-state index >= 15 is 0 Å². The molecule has 30 heavy (non-hydrogen) atoms. The van der Waals surface area contributed by atoms with Crippen LogP contribution >= 0.6 is 11.6 Å². The zero-order valence-electron chi connectivity index (χ0n) is 17.3. The minimum atomic E-state index is -0.114. The fraction of sp³-hybridized carbons (Fsp3) is 0.409. The largest absolute Gasteiger partial charge is 0.361 e. The van der Waals surface area contributed by atoms with Crippen LogP contribution in [-0.4, -0.2) is 44.9 Å². The molecule has 1 saturated heterocycles. The van der Waals surface area contributed by atoms with Crippen molar-refractivity contribution in [2.45, 2.75) is 38.8 Å². The van der Waals surface area contributed by atoms with Gasteiger partial charge in [0.1, 0.15) is 27.9 Å². The molecule has 1 unspecified atom stereocenters. The molecule has 1 amide bonds. The molecular formula is C22H26ClN5O2. The quantitative estimate of drug-likeness (QED) is 0.669. The summed E-state index contributed by atoms with van der Waals surface area (Å²) in [4.78, 5) is 15.4. The number of likely N-dealkylation sites (tertiary alicyclic amines) is 1. The summed E-state index contributed by atoms with van der Waals surface area (Å²) in [5, 5.41) is 12.4. The van der Waals surface area contributed by atoms with Crippen LogP contribution in [0.4, 0.5) is 0 Å². The van der Waals surface area contributed by atoms with Crippen molar-refractivity contribution in [2.75, 3.05) is 13.1 Å². The number of aromatic nitrogens is 3. The Morgan fingerprint density at radius 3 is 2.83 bits per heavy atom. The van der Waals surface area contributed by atoms with Gasteiger partial charge in [-0.1, -0.05) is 53.5 Å². The molecule has 1 N–H and O–H groups in total. The van der Waals surface area contributed by atoms with E-state index in [1.54, 1.807) is 20.0 Å². The Bertz CT molecular complexity index is 1010. The second kappa shape index (κ2) is 9.02. The van der Waals surface area contributed by atoms with E-state index in [0.29, 0.717) is 41.0 Å². The van der Waals surface area contributed by atoms with Gasteiger partial charge in [-0.25, -0.2) is 0 Å². The van der Waals surface area contributed by atoms with Crippen molar-refractivity contribution in [3.8, 4) is 11.4 Å². The van der Waals surface area contributed by atoms with Gasteiger partial charge >= 0.3 is 0 Å². The Morgan fingerprint density at radius 2 is 2.10 bits per heavy atom. The highest BCUT2D eigenvalue weighted by atomic mass is 35.5. The number of nitrogens with zero attached hydrogens (tertiary/aromatic N) is 4. The summed E-state index contributed by atoms with van der Waals surface area (Å²) in [5.74, 6) is 0.544. The number of hydrogen-bond acceptors (Lipinski definition) is 5. The van der Waals surface area contributed by atoms with E-state index in [1.165, 1.54) is 10.2 Å². The van der Waals surface area contributed by atoms with Crippen molar-refractivity contribution in [1.82, 2.24) is 25.2 Å². The molecule has 8 heteroatoms. The molecule has 0 saturated carbocycles. The Labute approximate surface area is 181 Å². The van der Waals surface area contributed by atoms with Crippen LogP contribution in [0.5, 0.6) is 0 Å². The molecule has 0 radical (unpaired) electrons. The number of carbonyl (C=O) groups excluding carboxylic acids is 1. The van der Waals surface area contributed by atoms with Crippen LogP contribution in [0, 0.1) is 6.92 Å². The van der Waals surface area contributed by atoms with E-state index in [-0.39, 0.29) is 11.9 Å². The second-order valence-corrected chi connectivity index (χ2v) is 8.13. The van der Waals surface area contributed by atoms with E-state index in [2.05, 4.69) is 27.7 Å². The maximum Gasteiger partial charge on any atom is 0.259 e. The smallest absolute Gasteiger partial charge is 0.259 e. The molecule has 0 spiro atoms. The molecule has 1 aliphatic rings. The Morgan fingerprint density at radius 1 is 1.30 bits per heavy atom. The molecule has 3 heterocycles. The summed E-state index contributed by atoms with van der Waals surface area (Å²) in [6.07, 6.45) is 3.07. The Balaban J connectivity index is 1.53. The Kier molecular flexibility index (Phi) is 6.20. The van der Waals surface area contributed by atoms with Gasteiger partial charge in [0.15, 0.2) is 0 Å². The van der Waals surface area contributed by atoms with Crippen LogP contribution in [0.25, 0.3) is 11.4 Å². The summed E-state index contributed by atoms with van der Waals surface area (Å²) in [6.45, 7) is 3.92. The van der Waals surface area contributed by atoms with Crippen LogP contribution in [0.2, 0.25) is 5.15 Å². The first-order valence-electron chi connectivity index (χ1n) is 10.3. The van der Waals surface area contributed by atoms with Crippen LogP contribution < -0.4 is 5.32 Å². The van der Waals surface area contributed by atoms with E-state index in [1.807, 2.05) is 23.1 Å².